The summed E-state index contributed by atoms with van der Waals surface area (Å²) in [6.45, 7) is 4.27. The number of carboxylic acid groups (broad SMARTS) is 1. The number of rotatable bonds is 4. The van der Waals surface area contributed by atoms with E-state index in [1.807, 2.05) is 4.90 Å². The Morgan fingerprint density at radius 1 is 1.38 bits per heavy atom. The zero-order valence-electron chi connectivity index (χ0n) is 12.2. The molecule has 7 heteroatoms. The van der Waals surface area contributed by atoms with E-state index in [1.165, 1.54) is 13.8 Å². The summed E-state index contributed by atoms with van der Waals surface area (Å²) in [5.41, 5.74) is -1.26. The topological polar surface area (TPSA) is 95.4 Å². The summed E-state index contributed by atoms with van der Waals surface area (Å²) in [6, 6.07) is 1.74. The lowest BCUT2D eigenvalue weighted by molar-refractivity contribution is -0.146. The van der Waals surface area contributed by atoms with E-state index in [0.29, 0.717) is 12.5 Å². The van der Waals surface area contributed by atoms with Gasteiger partial charge in [-0.15, -0.1) is 0 Å². The Hall–Kier alpha value is -2.18. The predicted molar refractivity (Wildman–Crippen MR) is 76.8 cm³/mol. The molecular weight excluding hydrogens is 272 g/mol. The van der Waals surface area contributed by atoms with Crippen LogP contribution in [0.25, 0.3) is 0 Å². The van der Waals surface area contributed by atoms with Crippen LogP contribution >= 0.6 is 0 Å². The molecule has 0 saturated carbocycles. The minimum Gasteiger partial charge on any atom is -0.480 e. The molecule has 0 radical (unpaired) electrons. The minimum absolute atomic E-state index is 0.233. The first-order valence-corrected chi connectivity index (χ1v) is 6.97. The van der Waals surface area contributed by atoms with Gasteiger partial charge in [0, 0.05) is 25.5 Å². The van der Waals surface area contributed by atoms with E-state index >= 15 is 0 Å². The van der Waals surface area contributed by atoms with Crippen molar-refractivity contribution in [1.29, 1.82) is 0 Å². The van der Waals surface area contributed by atoms with Crippen LogP contribution < -0.4 is 10.2 Å². The Kier molecular flexibility index (Phi) is 4.40. The largest absolute Gasteiger partial charge is 0.480 e. The lowest BCUT2D eigenvalue weighted by Gasteiger charge is -2.33. The van der Waals surface area contributed by atoms with Crippen LogP contribution in [0.5, 0.6) is 0 Å². The Balaban J connectivity index is 2.01. The number of piperidine rings is 1. The molecule has 0 aliphatic carbocycles. The number of carbonyl (C=O) groups excluding carboxylic acids is 1. The molecule has 1 atom stereocenters. The first-order chi connectivity index (χ1) is 9.90. The SMILES string of the molecule is CC(C)(NC(=O)C1CCCN(c2ncccn2)C1)C(=O)O. The number of aliphatic carboxylic acids is 1. The molecule has 21 heavy (non-hydrogen) atoms. The van der Waals surface area contributed by atoms with Crippen molar-refractivity contribution in [2.24, 2.45) is 5.92 Å². The van der Waals surface area contributed by atoms with Crippen LogP contribution in [0.15, 0.2) is 18.5 Å². The molecule has 1 aromatic heterocycles. The maximum atomic E-state index is 12.3. The summed E-state index contributed by atoms with van der Waals surface area (Å²) in [4.78, 5) is 33.7. The third-order valence-corrected chi connectivity index (χ3v) is 3.60. The number of anilines is 1. The van der Waals surface area contributed by atoms with Crippen molar-refractivity contribution in [3.63, 3.8) is 0 Å². The van der Waals surface area contributed by atoms with E-state index in [0.717, 1.165) is 19.4 Å². The summed E-state index contributed by atoms with van der Waals surface area (Å²) in [6.07, 6.45) is 4.92. The maximum absolute atomic E-state index is 12.3. The molecule has 114 valence electrons. The lowest BCUT2D eigenvalue weighted by atomic mass is 9.95. The average molecular weight is 292 g/mol. The number of amides is 1. The minimum atomic E-state index is -1.26. The second kappa shape index (κ2) is 6.07. The second-order valence-corrected chi connectivity index (χ2v) is 5.75. The highest BCUT2D eigenvalue weighted by atomic mass is 16.4. The van der Waals surface area contributed by atoms with Crippen LogP contribution in [0, 0.1) is 5.92 Å². The molecule has 2 rings (SSSR count). The molecule has 2 heterocycles. The van der Waals surface area contributed by atoms with Crippen molar-refractivity contribution >= 4 is 17.8 Å². The fourth-order valence-corrected chi connectivity index (χ4v) is 2.29. The molecule has 1 aromatic rings. The van der Waals surface area contributed by atoms with E-state index in [1.54, 1.807) is 18.5 Å². The third-order valence-electron chi connectivity index (χ3n) is 3.60. The maximum Gasteiger partial charge on any atom is 0.328 e. The summed E-state index contributed by atoms with van der Waals surface area (Å²) in [5.74, 6) is -0.924. The van der Waals surface area contributed by atoms with E-state index in [4.69, 9.17) is 5.11 Å². The number of carboxylic acids is 1. The van der Waals surface area contributed by atoms with Gasteiger partial charge in [-0.05, 0) is 32.8 Å². The highest BCUT2D eigenvalue weighted by Crippen LogP contribution is 2.20. The smallest absolute Gasteiger partial charge is 0.328 e. The quantitative estimate of drug-likeness (QED) is 0.847. The molecule has 1 unspecified atom stereocenters. The molecule has 1 fully saturated rings. The molecule has 1 aliphatic rings. The number of carbonyl (C=O) groups is 2. The number of hydrogen-bond donors (Lipinski definition) is 2. The van der Waals surface area contributed by atoms with Crippen molar-refractivity contribution < 1.29 is 14.7 Å². The summed E-state index contributed by atoms with van der Waals surface area (Å²) in [7, 11) is 0. The number of nitrogens with one attached hydrogen (secondary N) is 1. The standard InChI is InChI=1S/C14H20N4O3/c1-14(2,12(20)21)17-11(19)10-5-3-8-18(9-10)13-15-6-4-7-16-13/h4,6-7,10H,3,5,8-9H2,1-2H3,(H,17,19)(H,20,21). The third kappa shape index (κ3) is 3.68. The molecule has 7 nitrogen and oxygen atoms in total. The van der Waals surface area contributed by atoms with Crippen molar-refractivity contribution in [3.8, 4) is 0 Å². The van der Waals surface area contributed by atoms with Crippen LogP contribution in [0.3, 0.4) is 0 Å². The Morgan fingerprint density at radius 3 is 2.67 bits per heavy atom. The Labute approximate surface area is 123 Å². The van der Waals surface area contributed by atoms with E-state index in [9.17, 15) is 9.59 Å². The fourth-order valence-electron chi connectivity index (χ4n) is 2.29. The number of aromatic nitrogens is 2. The average Bonchev–Trinajstić information content (AvgIpc) is 2.47. The lowest BCUT2D eigenvalue weighted by Crippen LogP contribution is -2.54. The van der Waals surface area contributed by atoms with Crippen LogP contribution in [0.2, 0.25) is 0 Å². The Morgan fingerprint density at radius 2 is 2.05 bits per heavy atom. The van der Waals surface area contributed by atoms with Gasteiger partial charge in [-0.25, -0.2) is 14.8 Å². The van der Waals surface area contributed by atoms with Crippen molar-refractivity contribution in [3.05, 3.63) is 18.5 Å². The molecule has 1 aliphatic heterocycles. The van der Waals surface area contributed by atoms with Crippen molar-refractivity contribution in [1.82, 2.24) is 15.3 Å². The van der Waals surface area contributed by atoms with Crippen LogP contribution in [-0.4, -0.2) is 45.6 Å². The van der Waals surface area contributed by atoms with Gasteiger partial charge in [-0.2, -0.15) is 0 Å². The first kappa shape index (κ1) is 15.2. The second-order valence-electron chi connectivity index (χ2n) is 5.75. The van der Waals surface area contributed by atoms with Gasteiger partial charge in [0.25, 0.3) is 0 Å². The molecular formula is C14H20N4O3. The van der Waals surface area contributed by atoms with Crippen LogP contribution in [0.4, 0.5) is 5.95 Å². The zero-order chi connectivity index (χ0) is 15.5. The molecule has 2 N–H and O–H groups in total. The van der Waals surface area contributed by atoms with Crippen LogP contribution in [-0.2, 0) is 9.59 Å². The predicted octanol–water partition coefficient (Wildman–Crippen LogP) is 0.672. The highest BCUT2D eigenvalue weighted by Gasteiger charge is 2.34. The monoisotopic (exact) mass is 292 g/mol. The molecule has 0 spiro atoms. The van der Waals surface area contributed by atoms with Gasteiger partial charge >= 0.3 is 5.97 Å². The van der Waals surface area contributed by atoms with E-state index < -0.39 is 11.5 Å². The highest BCUT2D eigenvalue weighted by molar-refractivity contribution is 5.87. The van der Waals surface area contributed by atoms with Gasteiger partial charge in [0.15, 0.2) is 0 Å². The van der Waals surface area contributed by atoms with Crippen molar-refractivity contribution in [2.45, 2.75) is 32.2 Å². The van der Waals surface area contributed by atoms with Gasteiger partial charge in [0.1, 0.15) is 5.54 Å². The number of hydrogen-bond acceptors (Lipinski definition) is 5. The number of nitrogens with zero attached hydrogens (tertiary/aromatic N) is 3. The van der Waals surface area contributed by atoms with Gasteiger partial charge in [0.05, 0.1) is 5.92 Å². The molecule has 0 aromatic carbocycles. The fraction of sp³-hybridized carbons (Fsp3) is 0.571. The van der Waals surface area contributed by atoms with Crippen LogP contribution in [0.1, 0.15) is 26.7 Å². The summed E-state index contributed by atoms with van der Waals surface area (Å²) < 4.78 is 0. The first-order valence-electron chi connectivity index (χ1n) is 6.97. The summed E-state index contributed by atoms with van der Waals surface area (Å²) >= 11 is 0. The normalized spacial score (nSPS) is 19.1. The Bertz CT molecular complexity index is 518. The summed E-state index contributed by atoms with van der Waals surface area (Å²) in [5, 5.41) is 11.7. The van der Waals surface area contributed by atoms with Gasteiger partial charge < -0.3 is 15.3 Å². The van der Waals surface area contributed by atoms with Gasteiger partial charge in [-0.1, -0.05) is 0 Å². The molecule has 1 amide bonds. The van der Waals surface area contributed by atoms with E-state index in [-0.39, 0.29) is 11.8 Å². The molecule has 0 bridgehead atoms. The van der Waals surface area contributed by atoms with Gasteiger partial charge in [0.2, 0.25) is 11.9 Å². The zero-order valence-corrected chi connectivity index (χ0v) is 12.2. The van der Waals surface area contributed by atoms with Gasteiger partial charge in [-0.3, -0.25) is 4.79 Å². The van der Waals surface area contributed by atoms with E-state index in [2.05, 4.69) is 15.3 Å². The van der Waals surface area contributed by atoms with Crippen molar-refractivity contribution in [2.75, 3.05) is 18.0 Å². The molecule has 1 saturated heterocycles.